The maximum absolute atomic E-state index is 4.61. The standard InChI is InChI=1S/C15H19N3/c1-18-14-9-5-4-8-13(14)17-15(18)16-11-10-12-6-2-3-7-12/h4-6,8-9H,2-3,7,10-11H2,1H3,(H,16,17). The number of hydrogen-bond donors (Lipinski definition) is 1. The number of allylic oxidation sites excluding steroid dienone is 1. The van der Waals surface area contributed by atoms with E-state index in [9.17, 15) is 0 Å². The molecule has 1 N–H and O–H groups in total. The van der Waals surface area contributed by atoms with Gasteiger partial charge in [-0.15, -0.1) is 0 Å². The Morgan fingerprint density at radius 3 is 3.00 bits per heavy atom. The number of rotatable bonds is 4. The maximum Gasteiger partial charge on any atom is 0.203 e. The molecule has 1 aromatic carbocycles. The third-order valence-corrected chi connectivity index (χ3v) is 3.65. The zero-order chi connectivity index (χ0) is 12.4. The van der Waals surface area contributed by atoms with Gasteiger partial charge in [-0.05, 0) is 37.8 Å². The van der Waals surface area contributed by atoms with Crippen molar-refractivity contribution in [2.75, 3.05) is 11.9 Å². The lowest BCUT2D eigenvalue weighted by molar-refractivity contribution is 0.851. The van der Waals surface area contributed by atoms with Crippen molar-refractivity contribution >= 4 is 17.0 Å². The van der Waals surface area contributed by atoms with Crippen molar-refractivity contribution in [3.8, 4) is 0 Å². The minimum Gasteiger partial charge on any atom is -0.355 e. The third-order valence-electron chi connectivity index (χ3n) is 3.65. The summed E-state index contributed by atoms with van der Waals surface area (Å²) in [4.78, 5) is 4.61. The monoisotopic (exact) mass is 241 g/mol. The molecule has 0 amide bonds. The third kappa shape index (κ3) is 2.13. The van der Waals surface area contributed by atoms with Crippen molar-refractivity contribution in [2.45, 2.75) is 25.7 Å². The van der Waals surface area contributed by atoms with Crippen molar-refractivity contribution in [3.63, 3.8) is 0 Å². The van der Waals surface area contributed by atoms with Crippen molar-refractivity contribution in [1.29, 1.82) is 0 Å². The first-order valence-electron chi connectivity index (χ1n) is 6.68. The summed E-state index contributed by atoms with van der Waals surface area (Å²) in [6.45, 7) is 0.975. The average Bonchev–Trinajstić information content (AvgIpc) is 3.00. The van der Waals surface area contributed by atoms with Gasteiger partial charge in [0.1, 0.15) is 0 Å². The van der Waals surface area contributed by atoms with Crippen LogP contribution in [0.25, 0.3) is 11.0 Å². The van der Waals surface area contributed by atoms with Gasteiger partial charge < -0.3 is 9.88 Å². The van der Waals surface area contributed by atoms with Gasteiger partial charge >= 0.3 is 0 Å². The Balaban J connectivity index is 1.68. The van der Waals surface area contributed by atoms with Gasteiger partial charge in [0.05, 0.1) is 11.0 Å². The summed E-state index contributed by atoms with van der Waals surface area (Å²) in [6.07, 6.45) is 7.41. The summed E-state index contributed by atoms with van der Waals surface area (Å²) >= 11 is 0. The first-order chi connectivity index (χ1) is 8.84. The highest BCUT2D eigenvalue weighted by Gasteiger charge is 2.07. The molecule has 3 nitrogen and oxygen atoms in total. The molecule has 0 radical (unpaired) electrons. The number of fused-ring (bicyclic) bond motifs is 1. The summed E-state index contributed by atoms with van der Waals surface area (Å²) in [6, 6.07) is 8.24. The van der Waals surface area contributed by atoms with Gasteiger partial charge in [-0.25, -0.2) is 4.98 Å². The van der Waals surface area contributed by atoms with E-state index in [0.29, 0.717) is 0 Å². The molecule has 0 spiro atoms. The molecular weight excluding hydrogens is 222 g/mol. The van der Waals surface area contributed by atoms with E-state index in [0.717, 1.165) is 24.4 Å². The molecule has 0 aliphatic heterocycles. The topological polar surface area (TPSA) is 29.9 Å². The summed E-state index contributed by atoms with van der Waals surface area (Å²) in [5.74, 6) is 0.967. The fraction of sp³-hybridized carbons (Fsp3) is 0.400. The Kier molecular flexibility index (Phi) is 3.05. The van der Waals surface area contributed by atoms with Crippen molar-refractivity contribution in [1.82, 2.24) is 9.55 Å². The van der Waals surface area contributed by atoms with E-state index in [-0.39, 0.29) is 0 Å². The molecule has 0 unspecified atom stereocenters. The number of imidazole rings is 1. The second kappa shape index (κ2) is 4.84. The zero-order valence-corrected chi connectivity index (χ0v) is 10.8. The van der Waals surface area contributed by atoms with Crippen LogP contribution >= 0.6 is 0 Å². The van der Waals surface area contributed by atoms with E-state index < -0.39 is 0 Å². The highest BCUT2D eigenvalue weighted by Crippen LogP contribution is 2.21. The molecule has 18 heavy (non-hydrogen) atoms. The van der Waals surface area contributed by atoms with Crippen LogP contribution in [0.4, 0.5) is 5.95 Å². The molecule has 0 saturated carbocycles. The van der Waals surface area contributed by atoms with Gasteiger partial charge in [-0.1, -0.05) is 23.8 Å². The fourth-order valence-corrected chi connectivity index (χ4v) is 2.60. The van der Waals surface area contributed by atoms with E-state index in [1.165, 1.54) is 24.8 Å². The van der Waals surface area contributed by atoms with E-state index >= 15 is 0 Å². The van der Waals surface area contributed by atoms with Crippen LogP contribution < -0.4 is 5.32 Å². The van der Waals surface area contributed by atoms with Crippen LogP contribution in [-0.2, 0) is 7.05 Å². The average molecular weight is 241 g/mol. The van der Waals surface area contributed by atoms with E-state index in [2.05, 4.69) is 46.2 Å². The minimum atomic E-state index is 0.967. The first-order valence-corrected chi connectivity index (χ1v) is 6.68. The van der Waals surface area contributed by atoms with Gasteiger partial charge in [-0.3, -0.25) is 0 Å². The predicted molar refractivity (Wildman–Crippen MR) is 75.8 cm³/mol. The molecule has 1 aliphatic carbocycles. The maximum atomic E-state index is 4.61. The van der Waals surface area contributed by atoms with Gasteiger partial charge in [0.15, 0.2) is 0 Å². The van der Waals surface area contributed by atoms with E-state index in [1.807, 2.05) is 6.07 Å². The number of anilines is 1. The number of nitrogens with one attached hydrogen (secondary N) is 1. The lowest BCUT2D eigenvalue weighted by Gasteiger charge is -2.06. The first kappa shape index (κ1) is 11.3. The molecule has 0 saturated heterocycles. The second-order valence-electron chi connectivity index (χ2n) is 4.91. The number of hydrogen-bond acceptors (Lipinski definition) is 2. The molecular formula is C15H19N3. The molecule has 0 atom stereocenters. The highest BCUT2D eigenvalue weighted by molar-refractivity contribution is 5.78. The van der Waals surface area contributed by atoms with Crippen LogP contribution in [0.1, 0.15) is 25.7 Å². The fourth-order valence-electron chi connectivity index (χ4n) is 2.60. The highest BCUT2D eigenvalue weighted by atomic mass is 15.2. The van der Waals surface area contributed by atoms with Gasteiger partial charge in [0, 0.05) is 13.6 Å². The van der Waals surface area contributed by atoms with Crippen molar-refractivity contribution < 1.29 is 0 Å². The minimum absolute atomic E-state index is 0.967. The van der Waals surface area contributed by atoms with Crippen LogP contribution in [0.3, 0.4) is 0 Å². The smallest absolute Gasteiger partial charge is 0.203 e. The Morgan fingerprint density at radius 2 is 2.22 bits per heavy atom. The summed E-state index contributed by atoms with van der Waals surface area (Å²) in [7, 11) is 2.06. The van der Waals surface area contributed by atoms with Gasteiger partial charge in [-0.2, -0.15) is 0 Å². The Morgan fingerprint density at radius 1 is 1.33 bits per heavy atom. The van der Waals surface area contributed by atoms with Gasteiger partial charge in [0.2, 0.25) is 5.95 Å². The number of nitrogens with zero attached hydrogens (tertiary/aromatic N) is 2. The van der Waals surface area contributed by atoms with Crippen LogP contribution in [0, 0.1) is 0 Å². The summed E-state index contributed by atoms with van der Waals surface area (Å²) in [5, 5.41) is 3.44. The normalized spacial score (nSPS) is 15.1. The quantitative estimate of drug-likeness (QED) is 0.830. The molecule has 1 aliphatic rings. The molecule has 1 aromatic heterocycles. The number of aryl methyl sites for hydroxylation is 1. The SMILES string of the molecule is Cn1c(NCCC2=CCCC2)nc2ccccc21. The Hall–Kier alpha value is -1.77. The lowest BCUT2D eigenvalue weighted by Crippen LogP contribution is -2.07. The lowest BCUT2D eigenvalue weighted by atomic mass is 10.2. The van der Waals surface area contributed by atoms with Crippen LogP contribution in [0.15, 0.2) is 35.9 Å². The number of aromatic nitrogens is 2. The van der Waals surface area contributed by atoms with Crippen molar-refractivity contribution in [2.24, 2.45) is 7.05 Å². The van der Waals surface area contributed by atoms with E-state index in [4.69, 9.17) is 0 Å². The van der Waals surface area contributed by atoms with Crippen LogP contribution in [-0.4, -0.2) is 16.1 Å². The molecule has 94 valence electrons. The Labute approximate surface area is 108 Å². The van der Waals surface area contributed by atoms with Crippen LogP contribution in [0.5, 0.6) is 0 Å². The predicted octanol–water partition coefficient (Wildman–Crippen LogP) is 3.49. The molecule has 1 heterocycles. The molecule has 0 bridgehead atoms. The molecule has 0 fully saturated rings. The Bertz CT molecular complexity index is 580. The zero-order valence-electron chi connectivity index (χ0n) is 10.8. The van der Waals surface area contributed by atoms with Gasteiger partial charge in [0.25, 0.3) is 0 Å². The summed E-state index contributed by atoms with van der Waals surface area (Å²) in [5.41, 5.74) is 3.84. The second-order valence-corrected chi connectivity index (χ2v) is 4.91. The number of para-hydroxylation sites is 2. The number of benzene rings is 1. The van der Waals surface area contributed by atoms with Crippen LogP contribution in [0.2, 0.25) is 0 Å². The molecule has 3 heteroatoms. The largest absolute Gasteiger partial charge is 0.355 e. The molecule has 2 aromatic rings. The molecule has 3 rings (SSSR count). The van der Waals surface area contributed by atoms with E-state index in [1.54, 1.807) is 5.57 Å². The summed E-state index contributed by atoms with van der Waals surface area (Å²) < 4.78 is 2.12. The van der Waals surface area contributed by atoms with Crippen molar-refractivity contribution in [3.05, 3.63) is 35.9 Å².